The molecule has 1 aromatic carbocycles. The van der Waals surface area contributed by atoms with Crippen molar-refractivity contribution >= 4 is 5.91 Å². The Morgan fingerprint density at radius 2 is 2.08 bits per heavy atom. The van der Waals surface area contributed by atoms with E-state index < -0.39 is 0 Å². The summed E-state index contributed by atoms with van der Waals surface area (Å²) in [4.78, 5) is 15.2. The van der Waals surface area contributed by atoms with Crippen LogP contribution in [0.1, 0.15) is 50.7 Å². The first-order valence-electron chi connectivity index (χ1n) is 9.53. The highest BCUT2D eigenvalue weighted by Crippen LogP contribution is 2.57. The lowest BCUT2D eigenvalue weighted by atomic mass is 9.49. The molecule has 0 radical (unpaired) electrons. The van der Waals surface area contributed by atoms with Gasteiger partial charge in [0.1, 0.15) is 5.75 Å². The van der Waals surface area contributed by atoms with Gasteiger partial charge in [-0.05, 0) is 74.4 Å². The molecule has 0 heterocycles. The lowest BCUT2D eigenvalue weighted by Crippen LogP contribution is -2.55. The predicted octanol–water partition coefficient (Wildman–Crippen LogP) is 3.08. The number of nitrogens with zero attached hydrogens (tertiary/aromatic N) is 1. The van der Waals surface area contributed by atoms with Crippen molar-refractivity contribution in [2.75, 3.05) is 27.2 Å². The van der Waals surface area contributed by atoms with Gasteiger partial charge in [-0.25, -0.2) is 0 Å². The topological polar surface area (TPSA) is 52.6 Å². The highest BCUT2D eigenvalue weighted by Gasteiger charge is 2.54. The second kappa shape index (κ2) is 6.64. The smallest absolute Gasteiger partial charge is 0.226 e. The van der Waals surface area contributed by atoms with Gasteiger partial charge in [0.15, 0.2) is 0 Å². The van der Waals surface area contributed by atoms with E-state index in [1.54, 1.807) is 6.07 Å². The Labute approximate surface area is 151 Å². The second-order valence-corrected chi connectivity index (χ2v) is 8.68. The Bertz CT molecular complexity index is 657. The number of hydrogen-bond donors (Lipinski definition) is 2. The zero-order chi connectivity index (χ0) is 18.2. The average Bonchev–Trinajstić information content (AvgIpc) is 2.54. The van der Waals surface area contributed by atoms with Crippen molar-refractivity contribution in [3.05, 3.63) is 29.3 Å². The van der Waals surface area contributed by atoms with E-state index in [4.69, 9.17) is 0 Å². The first kappa shape index (κ1) is 18.2. The molecule has 2 N–H and O–H groups in total. The summed E-state index contributed by atoms with van der Waals surface area (Å²) in [6, 6.07) is 5.80. The Morgan fingerprint density at radius 3 is 2.80 bits per heavy atom. The van der Waals surface area contributed by atoms with Crippen LogP contribution in [0.15, 0.2) is 18.2 Å². The first-order valence-corrected chi connectivity index (χ1v) is 9.53. The molecular weight excluding hydrogens is 312 g/mol. The number of hydrogen-bond acceptors (Lipinski definition) is 3. The Balaban J connectivity index is 1.88. The van der Waals surface area contributed by atoms with E-state index in [0.29, 0.717) is 18.2 Å². The molecule has 3 rings (SSSR count). The number of benzene rings is 1. The molecule has 2 aliphatic rings. The van der Waals surface area contributed by atoms with Crippen molar-refractivity contribution in [1.29, 1.82) is 0 Å². The SMILES string of the molecule is CN(C)CCNC(=O)[C@]1(C)CCCC2(C)c3cc(O)ccc3CC[C@H]21. The number of phenolic OH excluding ortho intramolecular Hbond substituents is 1. The molecule has 1 fully saturated rings. The second-order valence-electron chi connectivity index (χ2n) is 8.68. The van der Waals surface area contributed by atoms with E-state index in [-0.39, 0.29) is 16.7 Å². The van der Waals surface area contributed by atoms with E-state index in [2.05, 4.69) is 30.1 Å². The summed E-state index contributed by atoms with van der Waals surface area (Å²) < 4.78 is 0. The van der Waals surface area contributed by atoms with Crippen molar-refractivity contribution in [3.8, 4) is 5.75 Å². The molecule has 1 amide bonds. The van der Waals surface area contributed by atoms with Crippen LogP contribution in [0.5, 0.6) is 5.75 Å². The number of nitrogens with one attached hydrogen (secondary N) is 1. The molecule has 0 bridgehead atoms. The van der Waals surface area contributed by atoms with E-state index in [0.717, 1.165) is 38.6 Å². The number of fused-ring (bicyclic) bond motifs is 3. The van der Waals surface area contributed by atoms with Crippen molar-refractivity contribution in [3.63, 3.8) is 0 Å². The van der Waals surface area contributed by atoms with Crippen LogP contribution in [0.4, 0.5) is 0 Å². The molecule has 138 valence electrons. The summed E-state index contributed by atoms with van der Waals surface area (Å²) in [6.45, 7) is 6.02. The van der Waals surface area contributed by atoms with Gasteiger partial charge in [-0.2, -0.15) is 0 Å². The number of aromatic hydroxyl groups is 1. The average molecular weight is 344 g/mol. The van der Waals surface area contributed by atoms with Crippen LogP contribution in [0.3, 0.4) is 0 Å². The van der Waals surface area contributed by atoms with Gasteiger partial charge in [-0.1, -0.05) is 26.3 Å². The van der Waals surface area contributed by atoms with Crippen LogP contribution in [0.2, 0.25) is 0 Å². The van der Waals surface area contributed by atoms with Gasteiger partial charge in [-0.15, -0.1) is 0 Å². The van der Waals surface area contributed by atoms with Crippen molar-refractivity contribution in [2.24, 2.45) is 11.3 Å². The predicted molar refractivity (Wildman–Crippen MR) is 101 cm³/mol. The van der Waals surface area contributed by atoms with Crippen LogP contribution >= 0.6 is 0 Å². The molecule has 2 aliphatic carbocycles. The van der Waals surface area contributed by atoms with Crippen molar-refractivity contribution < 1.29 is 9.90 Å². The van der Waals surface area contributed by atoms with E-state index in [1.807, 2.05) is 20.2 Å². The fraction of sp³-hybridized carbons (Fsp3) is 0.667. The molecule has 25 heavy (non-hydrogen) atoms. The Kier molecular flexibility index (Phi) is 4.84. The fourth-order valence-corrected chi connectivity index (χ4v) is 5.31. The summed E-state index contributed by atoms with van der Waals surface area (Å²) in [7, 11) is 4.05. The number of rotatable bonds is 4. The molecule has 1 unspecified atom stereocenters. The Hall–Kier alpha value is -1.55. The van der Waals surface area contributed by atoms with Crippen molar-refractivity contribution in [2.45, 2.75) is 51.4 Å². The maximum Gasteiger partial charge on any atom is 0.226 e. The summed E-state index contributed by atoms with van der Waals surface area (Å²) in [5.41, 5.74) is 2.24. The molecule has 4 heteroatoms. The van der Waals surface area contributed by atoms with Crippen LogP contribution < -0.4 is 5.32 Å². The third kappa shape index (κ3) is 3.17. The molecule has 0 spiro atoms. The first-order chi connectivity index (χ1) is 11.8. The van der Waals surface area contributed by atoms with Gasteiger partial charge in [0.25, 0.3) is 0 Å². The van der Waals surface area contributed by atoms with Crippen LogP contribution in [0.25, 0.3) is 0 Å². The molecule has 0 aromatic heterocycles. The van der Waals surface area contributed by atoms with Crippen molar-refractivity contribution in [1.82, 2.24) is 10.2 Å². The van der Waals surface area contributed by atoms with Crippen LogP contribution in [-0.4, -0.2) is 43.1 Å². The fourth-order valence-electron chi connectivity index (χ4n) is 5.31. The quantitative estimate of drug-likeness (QED) is 0.882. The van der Waals surface area contributed by atoms with Gasteiger partial charge >= 0.3 is 0 Å². The lowest BCUT2D eigenvalue weighted by Gasteiger charge is -2.54. The summed E-state index contributed by atoms with van der Waals surface area (Å²) in [5, 5.41) is 13.2. The molecule has 0 saturated heterocycles. The van der Waals surface area contributed by atoms with Gasteiger partial charge in [0.05, 0.1) is 5.41 Å². The highest BCUT2D eigenvalue weighted by molar-refractivity contribution is 5.83. The van der Waals surface area contributed by atoms with Crippen LogP contribution in [-0.2, 0) is 16.6 Å². The van der Waals surface area contributed by atoms with E-state index >= 15 is 0 Å². The minimum Gasteiger partial charge on any atom is -0.508 e. The standard InChI is InChI=1S/C21H32N2O2/c1-20-10-5-11-21(2,19(25)22-12-13-23(3)4)18(20)9-7-15-6-8-16(24)14-17(15)20/h6,8,14,18,24H,5,7,9-13H2,1-4H3,(H,22,25)/t18-,20?,21-/m1/s1. The largest absolute Gasteiger partial charge is 0.508 e. The van der Waals surface area contributed by atoms with Gasteiger partial charge in [-0.3, -0.25) is 4.79 Å². The molecule has 1 aromatic rings. The summed E-state index contributed by atoms with van der Waals surface area (Å²) in [6.07, 6.45) is 5.14. The monoisotopic (exact) mass is 344 g/mol. The zero-order valence-corrected chi connectivity index (χ0v) is 16.1. The third-order valence-corrected chi connectivity index (χ3v) is 6.70. The number of amides is 1. The lowest BCUT2D eigenvalue weighted by molar-refractivity contribution is -0.139. The van der Waals surface area contributed by atoms with Gasteiger partial charge in [0, 0.05) is 13.1 Å². The van der Waals surface area contributed by atoms with Gasteiger partial charge in [0.2, 0.25) is 5.91 Å². The molecule has 3 atom stereocenters. The minimum atomic E-state index is -0.331. The van der Waals surface area contributed by atoms with Crippen LogP contribution in [0, 0.1) is 11.3 Å². The minimum absolute atomic E-state index is 0.0296. The number of carbonyl (C=O) groups is 1. The number of phenols is 1. The van der Waals surface area contributed by atoms with Gasteiger partial charge < -0.3 is 15.3 Å². The number of aryl methyl sites for hydroxylation is 1. The summed E-state index contributed by atoms with van der Waals surface area (Å²) in [5.74, 6) is 0.861. The van der Waals surface area contributed by atoms with E-state index in [9.17, 15) is 9.90 Å². The molecule has 0 aliphatic heterocycles. The molecule has 4 nitrogen and oxygen atoms in total. The zero-order valence-electron chi connectivity index (χ0n) is 16.1. The maximum atomic E-state index is 13.1. The highest BCUT2D eigenvalue weighted by atomic mass is 16.3. The normalized spacial score (nSPS) is 31.3. The third-order valence-electron chi connectivity index (χ3n) is 6.70. The number of carbonyl (C=O) groups excluding carboxylic acids is 1. The molecule has 1 saturated carbocycles. The summed E-state index contributed by atoms with van der Waals surface area (Å²) >= 11 is 0. The maximum absolute atomic E-state index is 13.1. The number of likely N-dealkylation sites (N-methyl/N-ethyl adjacent to an activating group) is 1. The molecular formula is C21H32N2O2. The Morgan fingerprint density at radius 1 is 1.32 bits per heavy atom. The van der Waals surface area contributed by atoms with E-state index in [1.165, 1.54) is 11.1 Å².